The van der Waals surface area contributed by atoms with Crippen molar-refractivity contribution in [2.24, 2.45) is 5.92 Å². The summed E-state index contributed by atoms with van der Waals surface area (Å²) in [5.74, 6) is 1.36. The Kier molecular flexibility index (Phi) is 7.37. The van der Waals surface area contributed by atoms with Gasteiger partial charge in [-0.15, -0.1) is 0 Å². The van der Waals surface area contributed by atoms with E-state index >= 15 is 0 Å². The minimum atomic E-state index is 0.655. The molecule has 0 spiro atoms. The molecule has 0 unspecified atom stereocenters. The number of nitrogens with zero attached hydrogens (tertiary/aromatic N) is 1. The molecular formula is C14H24N2O2. The summed E-state index contributed by atoms with van der Waals surface area (Å²) < 4.78 is 10.6. The molecule has 0 aliphatic rings. The average molecular weight is 252 g/mol. The molecule has 1 N–H and O–H groups in total. The van der Waals surface area contributed by atoms with Crippen LogP contribution < -0.4 is 10.1 Å². The first-order valence-corrected chi connectivity index (χ1v) is 6.50. The highest BCUT2D eigenvalue weighted by Gasteiger charge is 1.97. The van der Waals surface area contributed by atoms with Crippen molar-refractivity contribution < 1.29 is 9.47 Å². The number of pyridine rings is 1. The highest BCUT2D eigenvalue weighted by molar-refractivity contribution is 5.15. The van der Waals surface area contributed by atoms with Crippen LogP contribution in [0.2, 0.25) is 0 Å². The van der Waals surface area contributed by atoms with Gasteiger partial charge in [-0.25, -0.2) is 4.98 Å². The number of methoxy groups -OCH3 is 1. The van der Waals surface area contributed by atoms with Crippen LogP contribution in [0, 0.1) is 5.92 Å². The zero-order valence-electron chi connectivity index (χ0n) is 11.6. The molecule has 18 heavy (non-hydrogen) atoms. The van der Waals surface area contributed by atoms with Gasteiger partial charge >= 0.3 is 0 Å². The Bertz CT molecular complexity index is 329. The summed E-state index contributed by atoms with van der Waals surface area (Å²) >= 11 is 0. The van der Waals surface area contributed by atoms with E-state index in [-0.39, 0.29) is 0 Å². The molecule has 1 aromatic rings. The molecule has 0 saturated heterocycles. The zero-order chi connectivity index (χ0) is 13.2. The standard InChI is InChI=1S/C14H24N2O2/c1-12(2)7-9-18-10-8-15-11-13-5-4-6-14(16-13)17-3/h4-6,12,15H,7-11H2,1-3H3. The maximum absolute atomic E-state index is 5.52. The van der Waals surface area contributed by atoms with Gasteiger partial charge < -0.3 is 14.8 Å². The quantitative estimate of drug-likeness (QED) is 0.685. The molecule has 0 fully saturated rings. The van der Waals surface area contributed by atoms with Crippen LogP contribution in [-0.4, -0.2) is 31.9 Å². The lowest BCUT2D eigenvalue weighted by Gasteiger charge is -2.08. The van der Waals surface area contributed by atoms with Gasteiger partial charge in [0, 0.05) is 25.8 Å². The molecule has 0 bridgehead atoms. The second-order valence-electron chi connectivity index (χ2n) is 4.64. The molecule has 4 nitrogen and oxygen atoms in total. The minimum Gasteiger partial charge on any atom is -0.481 e. The first-order valence-electron chi connectivity index (χ1n) is 6.50. The SMILES string of the molecule is COc1cccc(CNCCOCCC(C)C)n1. The fourth-order valence-corrected chi connectivity index (χ4v) is 1.45. The van der Waals surface area contributed by atoms with Crippen LogP contribution in [0.5, 0.6) is 5.88 Å². The summed E-state index contributed by atoms with van der Waals surface area (Å²) in [5, 5.41) is 3.30. The smallest absolute Gasteiger partial charge is 0.213 e. The molecule has 0 radical (unpaired) electrons. The lowest BCUT2D eigenvalue weighted by atomic mass is 10.1. The molecule has 4 heteroatoms. The molecule has 0 aliphatic carbocycles. The third kappa shape index (κ3) is 6.57. The van der Waals surface area contributed by atoms with E-state index in [1.54, 1.807) is 7.11 Å². The number of nitrogens with one attached hydrogen (secondary N) is 1. The molecule has 0 amide bonds. The first kappa shape index (κ1) is 14.9. The van der Waals surface area contributed by atoms with Crippen LogP contribution in [0.15, 0.2) is 18.2 Å². The Hall–Kier alpha value is -1.13. The van der Waals surface area contributed by atoms with Crippen molar-refractivity contribution in [1.29, 1.82) is 0 Å². The van der Waals surface area contributed by atoms with Crippen molar-refractivity contribution in [3.63, 3.8) is 0 Å². The topological polar surface area (TPSA) is 43.4 Å². The van der Waals surface area contributed by atoms with Gasteiger partial charge in [-0.05, 0) is 18.4 Å². The maximum atomic E-state index is 5.52. The second kappa shape index (κ2) is 8.89. The van der Waals surface area contributed by atoms with Crippen LogP contribution in [-0.2, 0) is 11.3 Å². The normalized spacial score (nSPS) is 10.9. The predicted octanol–water partition coefficient (Wildman–Crippen LogP) is 2.24. The highest BCUT2D eigenvalue weighted by Crippen LogP contribution is 2.05. The number of ether oxygens (including phenoxy) is 2. The van der Waals surface area contributed by atoms with E-state index in [9.17, 15) is 0 Å². The molecule has 0 saturated carbocycles. The van der Waals surface area contributed by atoms with Crippen LogP contribution in [0.1, 0.15) is 26.0 Å². The maximum Gasteiger partial charge on any atom is 0.213 e. The molecule has 1 rings (SSSR count). The summed E-state index contributed by atoms with van der Waals surface area (Å²) in [6.45, 7) is 7.58. The summed E-state index contributed by atoms with van der Waals surface area (Å²) in [7, 11) is 1.63. The number of hydrogen-bond acceptors (Lipinski definition) is 4. The molecule has 0 aromatic carbocycles. The van der Waals surface area contributed by atoms with Crippen LogP contribution in [0.25, 0.3) is 0 Å². The Morgan fingerprint density at radius 1 is 1.28 bits per heavy atom. The van der Waals surface area contributed by atoms with Crippen molar-refractivity contribution in [3.05, 3.63) is 23.9 Å². The fourth-order valence-electron chi connectivity index (χ4n) is 1.45. The number of rotatable bonds is 9. The van der Waals surface area contributed by atoms with E-state index in [1.807, 2.05) is 18.2 Å². The molecule has 1 heterocycles. The largest absolute Gasteiger partial charge is 0.481 e. The van der Waals surface area contributed by atoms with E-state index < -0.39 is 0 Å². The summed E-state index contributed by atoms with van der Waals surface area (Å²) in [5.41, 5.74) is 0.983. The number of hydrogen-bond donors (Lipinski definition) is 1. The van der Waals surface area contributed by atoms with Crippen molar-refractivity contribution in [2.45, 2.75) is 26.8 Å². The van der Waals surface area contributed by atoms with Gasteiger partial charge in [0.25, 0.3) is 0 Å². The van der Waals surface area contributed by atoms with Crippen molar-refractivity contribution in [1.82, 2.24) is 10.3 Å². The lowest BCUT2D eigenvalue weighted by molar-refractivity contribution is 0.125. The van der Waals surface area contributed by atoms with E-state index in [1.165, 1.54) is 0 Å². The van der Waals surface area contributed by atoms with E-state index in [0.29, 0.717) is 11.8 Å². The van der Waals surface area contributed by atoms with Crippen molar-refractivity contribution in [3.8, 4) is 5.88 Å². The van der Waals surface area contributed by atoms with Crippen LogP contribution in [0.4, 0.5) is 0 Å². The average Bonchev–Trinajstić information content (AvgIpc) is 2.37. The van der Waals surface area contributed by atoms with Gasteiger partial charge in [-0.1, -0.05) is 19.9 Å². The fraction of sp³-hybridized carbons (Fsp3) is 0.643. The van der Waals surface area contributed by atoms with Gasteiger partial charge in [0.2, 0.25) is 5.88 Å². The lowest BCUT2D eigenvalue weighted by Crippen LogP contribution is -2.20. The predicted molar refractivity (Wildman–Crippen MR) is 72.8 cm³/mol. The third-order valence-electron chi connectivity index (χ3n) is 2.56. The monoisotopic (exact) mass is 252 g/mol. The summed E-state index contributed by atoms with van der Waals surface area (Å²) in [6, 6.07) is 5.77. The van der Waals surface area contributed by atoms with Crippen LogP contribution in [0.3, 0.4) is 0 Å². The zero-order valence-corrected chi connectivity index (χ0v) is 11.6. The van der Waals surface area contributed by atoms with Gasteiger partial charge in [-0.2, -0.15) is 0 Å². The number of aromatic nitrogens is 1. The molecule has 1 aromatic heterocycles. The van der Waals surface area contributed by atoms with E-state index in [0.717, 1.165) is 38.4 Å². The molecule has 0 atom stereocenters. The Morgan fingerprint density at radius 2 is 2.11 bits per heavy atom. The van der Waals surface area contributed by atoms with Gasteiger partial charge in [0.1, 0.15) is 0 Å². The summed E-state index contributed by atoms with van der Waals surface area (Å²) in [4.78, 5) is 4.32. The van der Waals surface area contributed by atoms with Gasteiger partial charge in [0.05, 0.1) is 19.4 Å². The Labute approximate surface area is 110 Å². The van der Waals surface area contributed by atoms with Crippen molar-refractivity contribution >= 4 is 0 Å². The van der Waals surface area contributed by atoms with E-state index in [4.69, 9.17) is 9.47 Å². The summed E-state index contributed by atoms with van der Waals surface area (Å²) in [6.07, 6.45) is 1.12. The minimum absolute atomic E-state index is 0.655. The second-order valence-corrected chi connectivity index (χ2v) is 4.64. The molecular weight excluding hydrogens is 228 g/mol. The molecule has 102 valence electrons. The van der Waals surface area contributed by atoms with Gasteiger partial charge in [0.15, 0.2) is 0 Å². The van der Waals surface area contributed by atoms with Crippen molar-refractivity contribution in [2.75, 3.05) is 26.9 Å². The Morgan fingerprint density at radius 3 is 2.83 bits per heavy atom. The first-order chi connectivity index (χ1) is 8.72. The third-order valence-corrected chi connectivity index (χ3v) is 2.56. The van der Waals surface area contributed by atoms with Gasteiger partial charge in [-0.3, -0.25) is 0 Å². The Balaban J connectivity index is 2.06. The molecule has 0 aliphatic heterocycles. The highest BCUT2D eigenvalue weighted by atomic mass is 16.5. The van der Waals surface area contributed by atoms with Crippen LogP contribution >= 0.6 is 0 Å². The van der Waals surface area contributed by atoms with E-state index in [2.05, 4.69) is 24.1 Å².